The molecule has 9 aromatic carbocycles. The van der Waals surface area contributed by atoms with Crippen molar-refractivity contribution in [2.75, 3.05) is 0 Å². The van der Waals surface area contributed by atoms with E-state index in [-0.39, 0.29) is 49.9 Å². The van der Waals surface area contributed by atoms with E-state index in [0.29, 0.717) is 12.0 Å². The third-order valence-corrected chi connectivity index (χ3v) is 10.3. The van der Waals surface area contributed by atoms with Crippen LogP contribution in [0.2, 0.25) is 0 Å². The van der Waals surface area contributed by atoms with Crippen LogP contribution >= 0.6 is 0 Å². The van der Waals surface area contributed by atoms with E-state index in [2.05, 4.69) is 28.4 Å². The predicted molar refractivity (Wildman–Crippen MR) is 499 cm³/mol. The largest absolute Gasteiger partial charge is 0.423 e. The first-order chi connectivity index (χ1) is 53.9. The predicted octanol–water partition coefficient (Wildman–Crippen LogP) is 34.3. The number of allylic oxidation sites excluding steroid dienone is 3. The summed E-state index contributed by atoms with van der Waals surface area (Å²) in [4.78, 5) is 33.3. The Morgan fingerprint density at radius 1 is 0.345 bits per heavy atom. The fourth-order valence-electron chi connectivity index (χ4n) is 6.37. The van der Waals surface area contributed by atoms with Crippen molar-refractivity contribution in [3.8, 4) is 6.07 Å². The molecule has 10 rings (SSSR count). The second kappa shape index (κ2) is 123. The van der Waals surface area contributed by atoms with Gasteiger partial charge < -0.3 is 4.42 Å². The van der Waals surface area contributed by atoms with E-state index in [1.807, 2.05) is 502 Å². The molecule has 0 aliphatic rings. The summed E-state index contributed by atoms with van der Waals surface area (Å²) in [5.41, 5.74) is 8.24. The van der Waals surface area contributed by atoms with Crippen molar-refractivity contribution in [2.45, 2.75) is 235 Å². The van der Waals surface area contributed by atoms with Crippen LogP contribution in [0.5, 0.6) is 0 Å². The minimum Gasteiger partial charge on any atom is -0.423 e. The molecule has 0 atom stereocenters. The quantitative estimate of drug-likeness (QED) is 0.0243. The maximum atomic E-state index is 11.7. The summed E-state index contributed by atoms with van der Waals surface area (Å²) < 4.78 is 4.91. The van der Waals surface area contributed by atoms with Gasteiger partial charge in [0.2, 0.25) is 0 Å². The third-order valence-electron chi connectivity index (χ3n) is 10.3. The fraction of sp³-hybridized carbons (Fsp3) is 0.333. The second-order valence-electron chi connectivity index (χ2n) is 16.1. The molecule has 0 saturated heterocycles. The Kier molecular flexibility index (Phi) is 146. The van der Waals surface area contributed by atoms with Crippen LogP contribution in [0.25, 0.3) is 35.3 Å². The second-order valence-corrected chi connectivity index (χ2v) is 16.1. The molecule has 7 nitrogen and oxygen atoms in total. The molecule has 0 amide bonds. The van der Waals surface area contributed by atoms with E-state index < -0.39 is 0 Å². The van der Waals surface area contributed by atoms with Crippen LogP contribution in [0.4, 0.5) is 11.4 Å². The molecule has 1 radical (unpaired) electrons. The minimum absolute atomic E-state index is 0. The first-order valence-electron chi connectivity index (χ1n) is 40.8. The molecule has 8 heteroatoms. The van der Waals surface area contributed by atoms with E-state index in [4.69, 9.17) is 9.68 Å². The monoisotopic (exact) mass is 1570 g/mol. The first kappa shape index (κ1) is 130. The number of carbonyl (C=O) groups is 2. The van der Waals surface area contributed by atoms with Crippen LogP contribution < -0.4 is 5.63 Å². The van der Waals surface area contributed by atoms with Gasteiger partial charge in [0.15, 0.2) is 11.6 Å². The van der Waals surface area contributed by atoms with E-state index in [0.717, 1.165) is 44.6 Å². The van der Waals surface area contributed by atoms with E-state index in [9.17, 15) is 14.4 Å². The Balaban J connectivity index is -0.0000000869. The molecule has 110 heavy (non-hydrogen) atoms. The molecular weight excluding hydrogens is 1420 g/mol. The number of carbonyl (C=O) groups excluding carboxylic acids is 2. The van der Waals surface area contributed by atoms with Crippen LogP contribution in [0.15, 0.2) is 317 Å². The zero-order valence-electron chi connectivity index (χ0n) is 75.4. The zero-order valence-corrected chi connectivity index (χ0v) is 78.2. The summed E-state index contributed by atoms with van der Waals surface area (Å²) in [6.07, 6.45) is 15.9. The zero-order chi connectivity index (χ0) is 86.2. The Labute approximate surface area is 703 Å². The molecule has 0 bridgehead atoms. The van der Waals surface area contributed by atoms with Gasteiger partial charge in [0.05, 0.1) is 17.4 Å². The standard InChI is InChI=1S/C15H12O.C14H11.C12H10N2.C11H12O.C9H7N.C9H6O2.16C2H6.Y/c16-15(14-9-5-2-6-10-14)12-11-13-7-3-1-4-8-13;1-3-7-13(8-4-1)11-12-14-9-5-2-6-10-14;1-3-7-11(8-4-1)13-14-12-9-5-2-6-10-12;1-2-11(12)9-8-10-6-4-3-5-7-10;10-8-4-7-9-5-2-1-3-6-9;10-9-6-5-7-3-1-2-4-8(7)11-9;16*1-2;/h1-12H;1-11H;1-10H;3-9H,2H2,1H3;1-7H;1-6H;16*1-2H3;/q;-1;;;;;;;;;;;;;;;;;;;;;/b12-11+;;;9-8+;7-4+;;;;;;;;;;;;;;;;;;. The van der Waals surface area contributed by atoms with Gasteiger partial charge in [-0.2, -0.15) is 15.5 Å². The normalized spacial score (nSPS) is 8.11. The molecule has 0 fully saturated rings. The van der Waals surface area contributed by atoms with Crippen LogP contribution in [-0.2, 0) is 37.5 Å². The van der Waals surface area contributed by atoms with Gasteiger partial charge in [-0.05, 0) is 71.3 Å². The smallest absolute Gasteiger partial charge is 0.336 e. The Bertz CT molecular complexity index is 3310. The summed E-state index contributed by atoms with van der Waals surface area (Å²) in [5, 5.41) is 17.3. The topological polar surface area (TPSA) is 113 Å². The number of benzene rings is 9. The van der Waals surface area contributed by atoms with Crippen molar-refractivity contribution >= 4 is 58.2 Å². The number of azo groups is 1. The van der Waals surface area contributed by atoms with Crippen molar-refractivity contribution in [3.05, 3.63) is 347 Å². The van der Waals surface area contributed by atoms with E-state index in [1.165, 1.54) is 17.7 Å². The molecule has 605 valence electrons. The van der Waals surface area contributed by atoms with Gasteiger partial charge in [0, 0.05) is 62.2 Å². The Morgan fingerprint density at radius 2 is 0.627 bits per heavy atom. The number of hydrogen-bond acceptors (Lipinski definition) is 7. The molecular formula is C102H154N3O4Y-. The summed E-state index contributed by atoms with van der Waals surface area (Å²) in [5.74, 6) is 0.198. The number of ketones is 2. The van der Waals surface area contributed by atoms with Crippen molar-refractivity contribution in [3.63, 3.8) is 0 Å². The van der Waals surface area contributed by atoms with Crippen molar-refractivity contribution in [2.24, 2.45) is 10.2 Å². The van der Waals surface area contributed by atoms with Gasteiger partial charge in [-0.15, -0.1) is 42.0 Å². The average molecular weight is 1580 g/mol. The molecule has 0 saturated carbocycles. The van der Waals surface area contributed by atoms with Gasteiger partial charge in [-0.3, -0.25) is 9.59 Å². The minimum atomic E-state index is -0.302. The number of rotatable bonds is 11. The van der Waals surface area contributed by atoms with Crippen LogP contribution in [0.1, 0.15) is 273 Å². The van der Waals surface area contributed by atoms with Crippen LogP contribution in [-0.4, -0.2) is 11.6 Å². The summed E-state index contributed by atoms with van der Waals surface area (Å²) in [7, 11) is 0. The summed E-state index contributed by atoms with van der Waals surface area (Å²) in [6, 6.07) is 90.8. The molecule has 1 aromatic heterocycles. The Hall–Kier alpha value is -9.32. The Morgan fingerprint density at radius 3 is 0.964 bits per heavy atom. The number of nitrogens with zero attached hydrogens (tertiary/aromatic N) is 3. The third kappa shape index (κ3) is 85.9. The van der Waals surface area contributed by atoms with Gasteiger partial charge in [-0.25, -0.2) is 4.79 Å². The van der Waals surface area contributed by atoms with Gasteiger partial charge in [0.1, 0.15) is 5.58 Å². The molecule has 10 aromatic rings. The molecule has 0 aliphatic heterocycles. The molecule has 1 heterocycles. The number of fused-ring (bicyclic) bond motifs is 1. The van der Waals surface area contributed by atoms with Gasteiger partial charge >= 0.3 is 5.63 Å². The molecule has 0 aliphatic carbocycles. The molecule has 0 spiro atoms. The maximum Gasteiger partial charge on any atom is 0.336 e. The average Bonchev–Trinajstić information content (AvgIpc) is 0.848. The van der Waals surface area contributed by atoms with Gasteiger partial charge in [-0.1, -0.05) is 459 Å². The van der Waals surface area contributed by atoms with Crippen molar-refractivity contribution in [1.82, 2.24) is 0 Å². The summed E-state index contributed by atoms with van der Waals surface area (Å²) >= 11 is 0. The number of hydrogen-bond donors (Lipinski definition) is 0. The van der Waals surface area contributed by atoms with E-state index in [1.54, 1.807) is 30.4 Å². The van der Waals surface area contributed by atoms with E-state index >= 15 is 0 Å². The SMILES string of the molecule is CC.CC.CC.CC.CC.CC.CC.CC.CC.CC.CC.CC.CC.CC.CC.CC.CCC(=O)/C=C/c1ccccc1.N#C/C=C/c1ccccc1.O=C(/C=C/c1ccccc1)c1ccccc1.O=c1ccc2ccccc2o1.[C-](=Cc1ccccc1)c1ccccc1.[Y].c1ccc(N=Nc2ccccc2)cc1. The van der Waals surface area contributed by atoms with Crippen molar-refractivity contribution in [1.29, 1.82) is 5.26 Å². The van der Waals surface area contributed by atoms with Crippen LogP contribution in [0.3, 0.4) is 0 Å². The fourth-order valence-corrected chi connectivity index (χ4v) is 6.37. The summed E-state index contributed by atoms with van der Waals surface area (Å²) in [6.45, 7) is 65.9. The molecule has 0 unspecified atom stereocenters. The van der Waals surface area contributed by atoms with Gasteiger partial charge in [0.25, 0.3) is 0 Å². The van der Waals surface area contributed by atoms with Crippen LogP contribution in [0, 0.1) is 17.4 Å². The maximum absolute atomic E-state index is 11.7. The molecule has 0 N–H and O–H groups in total. The first-order valence-corrected chi connectivity index (χ1v) is 40.8. The number of nitriles is 1. The van der Waals surface area contributed by atoms with Crippen molar-refractivity contribution < 1.29 is 46.7 Å². The number of para-hydroxylation sites is 1.